The van der Waals surface area contributed by atoms with E-state index in [1.54, 1.807) is 42.2 Å². The molecular formula is C16H17N3O3S2. The molecule has 1 unspecified atom stereocenters. The smallest absolute Gasteiger partial charge is 0.175 e. The average Bonchev–Trinajstić information content (AvgIpc) is 2.94. The van der Waals surface area contributed by atoms with Gasteiger partial charge in [-0.25, -0.2) is 13.4 Å². The number of nitrogens with one attached hydrogen (secondary N) is 1. The number of hydrogen-bond donors (Lipinski definition) is 1. The van der Waals surface area contributed by atoms with E-state index in [4.69, 9.17) is 4.74 Å². The molecule has 0 amide bonds. The van der Waals surface area contributed by atoms with Gasteiger partial charge in [0.25, 0.3) is 0 Å². The molecule has 2 aromatic rings. The molecule has 0 fully saturated rings. The second kappa shape index (κ2) is 6.82. The fourth-order valence-electron chi connectivity index (χ4n) is 2.09. The van der Waals surface area contributed by atoms with Crippen molar-refractivity contribution in [2.45, 2.75) is 17.9 Å². The fourth-order valence-corrected chi connectivity index (χ4v) is 3.62. The lowest BCUT2D eigenvalue weighted by Crippen LogP contribution is -2.08. The van der Waals surface area contributed by atoms with Crippen molar-refractivity contribution in [3.8, 4) is 11.5 Å². The molecule has 126 valence electrons. The third-order valence-electron chi connectivity index (χ3n) is 3.27. The van der Waals surface area contributed by atoms with Gasteiger partial charge in [0.2, 0.25) is 0 Å². The molecule has 0 radical (unpaired) electrons. The van der Waals surface area contributed by atoms with Crippen LogP contribution in [0.3, 0.4) is 0 Å². The van der Waals surface area contributed by atoms with Gasteiger partial charge in [0.1, 0.15) is 5.75 Å². The van der Waals surface area contributed by atoms with E-state index in [1.165, 1.54) is 18.4 Å². The summed E-state index contributed by atoms with van der Waals surface area (Å²) in [5.74, 6) is 2.60. The lowest BCUT2D eigenvalue weighted by molar-refractivity contribution is 0.482. The number of aliphatic imine (C=N–C) groups is 1. The van der Waals surface area contributed by atoms with Crippen molar-refractivity contribution in [1.29, 1.82) is 0 Å². The molecule has 6 nitrogen and oxygen atoms in total. The molecule has 24 heavy (non-hydrogen) atoms. The van der Waals surface area contributed by atoms with E-state index in [1.807, 2.05) is 0 Å². The molecule has 0 spiro atoms. The van der Waals surface area contributed by atoms with Crippen LogP contribution in [0.5, 0.6) is 11.5 Å². The Balaban J connectivity index is 1.79. The number of aromatic nitrogens is 1. The Kier molecular flexibility index (Phi) is 4.77. The van der Waals surface area contributed by atoms with Crippen LogP contribution in [0.2, 0.25) is 0 Å². The molecule has 0 aliphatic carbocycles. The Morgan fingerprint density at radius 3 is 2.62 bits per heavy atom. The summed E-state index contributed by atoms with van der Waals surface area (Å²) in [4.78, 5) is 9.03. The summed E-state index contributed by atoms with van der Waals surface area (Å²) in [7, 11) is -3.22. The van der Waals surface area contributed by atoms with Gasteiger partial charge in [0, 0.05) is 18.2 Å². The van der Waals surface area contributed by atoms with Crippen molar-refractivity contribution in [1.82, 2.24) is 4.98 Å². The van der Waals surface area contributed by atoms with Gasteiger partial charge in [-0.3, -0.25) is 4.99 Å². The molecule has 1 aromatic heterocycles. The van der Waals surface area contributed by atoms with Crippen molar-refractivity contribution >= 4 is 32.6 Å². The summed E-state index contributed by atoms with van der Waals surface area (Å²) < 4.78 is 28.8. The minimum atomic E-state index is -3.22. The van der Waals surface area contributed by atoms with Gasteiger partial charge in [0.15, 0.2) is 26.6 Å². The van der Waals surface area contributed by atoms with Crippen LogP contribution in [0.1, 0.15) is 6.92 Å². The number of benzene rings is 1. The SMILES string of the molecule is CC1CSC(Nc2ncccc2Oc2ccc(S(C)(=O)=O)cc2)=N1. The number of nitrogens with zero attached hydrogens (tertiary/aromatic N) is 2. The Bertz CT molecular complexity index is 864. The highest BCUT2D eigenvalue weighted by atomic mass is 32.2. The van der Waals surface area contributed by atoms with Gasteiger partial charge in [-0.15, -0.1) is 0 Å². The van der Waals surface area contributed by atoms with E-state index in [0.717, 1.165) is 10.9 Å². The Morgan fingerprint density at radius 2 is 2.00 bits per heavy atom. The number of hydrogen-bond acceptors (Lipinski definition) is 7. The first-order valence-corrected chi connectivity index (χ1v) is 10.2. The standard InChI is InChI=1S/C16H17N3O3S2/c1-11-10-23-16(18-11)19-15-14(4-3-9-17-15)22-12-5-7-13(8-6-12)24(2,20)21/h3-9,11H,10H2,1-2H3,(H,17,18,19). The lowest BCUT2D eigenvalue weighted by Gasteiger charge is -2.11. The van der Waals surface area contributed by atoms with Gasteiger partial charge in [-0.1, -0.05) is 11.8 Å². The summed E-state index contributed by atoms with van der Waals surface area (Å²) in [6.07, 6.45) is 2.85. The highest BCUT2D eigenvalue weighted by Gasteiger charge is 2.16. The summed E-state index contributed by atoms with van der Waals surface area (Å²) in [6, 6.07) is 10.1. The second-order valence-electron chi connectivity index (χ2n) is 5.42. The molecule has 0 saturated carbocycles. The first kappa shape index (κ1) is 16.8. The first-order chi connectivity index (χ1) is 11.4. The highest BCUT2D eigenvalue weighted by molar-refractivity contribution is 8.14. The molecule has 0 bridgehead atoms. The van der Waals surface area contributed by atoms with Crippen molar-refractivity contribution in [2.75, 3.05) is 17.3 Å². The second-order valence-corrected chi connectivity index (χ2v) is 8.44. The molecule has 0 saturated heterocycles. The lowest BCUT2D eigenvalue weighted by atomic mass is 10.3. The van der Waals surface area contributed by atoms with Gasteiger partial charge in [-0.05, 0) is 43.3 Å². The number of anilines is 1. The predicted molar refractivity (Wildman–Crippen MR) is 96.8 cm³/mol. The monoisotopic (exact) mass is 363 g/mol. The molecule has 8 heteroatoms. The number of ether oxygens (including phenoxy) is 1. The number of amidine groups is 1. The van der Waals surface area contributed by atoms with Gasteiger partial charge < -0.3 is 10.1 Å². The number of rotatable bonds is 4. The largest absolute Gasteiger partial charge is 0.453 e. The third kappa shape index (κ3) is 4.07. The van der Waals surface area contributed by atoms with Crippen molar-refractivity contribution < 1.29 is 13.2 Å². The molecule has 1 aromatic carbocycles. The topological polar surface area (TPSA) is 80.7 Å². The van der Waals surface area contributed by atoms with Crippen LogP contribution in [-0.2, 0) is 9.84 Å². The Morgan fingerprint density at radius 1 is 1.25 bits per heavy atom. The van der Waals surface area contributed by atoms with Crippen molar-refractivity contribution in [3.63, 3.8) is 0 Å². The summed E-state index contributed by atoms with van der Waals surface area (Å²) in [5.41, 5.74) is 0. The van der Waals surface area contributed by atoms with E-state index in [2.05, 4.69) is 22.2 Å². The number of sulfone groups is 1. The Hall–Kier alpha value is -2.06. The van der Waals surface area contributed by atoms with Crippen LogP contribution in [0.15, 0.2) is 52.5 Å². The number of thioether (sulfide) groups is 1. The first-order valence-electron chi connectivity index (χ1n) is 7.32. The number of pyridine rings is 1. The maximum absolute atomic E-state index is 11.5. The normalized spacial score (nSPS) is 17.4. The van der Waals surface area contributed by atoms with Gasteiger partial charge in [0.05, 0.1) is 10.9 Å². The highest BCUT2D eigenvalue weighted by Crippen LogP contribution is 2.30. The minimum Gasteiger partial charge on any atom is -0.453 e. The average molecular weight is 363 g/mol. The maximum atomic E-state index is 11.5. The van der Waals surface area contributed by atoms with Crippen LogP contribution in [0, 0.1) is 0 Å². The fraction of sp³-hybridized carbons (Fsp3) is 0.250. The molecular weight excluding hydrogens is 346 g/mol. The summed E-state index contributed by atoms with van der Waals surface area (Å²) in [6.45, 7) is 2.06. The summed E-state index contributed by atoms with van der Waals surface area (Å²) in [5, 5.41) is 3.99. The molecule has 1 N–H and O–H groups in total. The maximum Gasteiger partial charge on any atom is 0.175 e. The molecule has 2 heterocycles. The molecule has 1 aliphatic rings. The van der Waals surface area contributed by atoms with Crippen LogP contribution in [0.25, 0.3) is 0 Å². The minimum absolute atomic E-state index is 0.255. The van der Waals surface area contributed by atoms with Crippen molar-refractivity contribution in [3.05, 3.63) is 42.6 Å². The molecule has 3 rings (SSSR count). The zero-order valence-corrected chi connectivity index (χ0v) is 14.9. The molecule has 1 atom stereocenters. The third-order valence-corrected chi connectivity index (χ3v) is 5.53. The van der Waals surface area contributed by atoms with Crippen LogP contribution < -0.4 is 10.1 Å². The van der Waals surface area contributed by atoms with Gasteiger partial charge >= 0.3 is 0 Å². The van der Waals surface area contributed by atoms with Gasteiger partial charge in [-0.2, -0.15) is 0 Å². The predicted octanol–water partition coefficient (Wildman–Crippen LogP) is 3.18. The van der Waals surface area contributed by atoms with Crippen LogP contribution in [-0.4, -0.2) is 36.6 Å². The molecule has 1 aliphatic heterocycles. The Labute approximate surface area is 145 Å². The van der Waals surface area contributed by atoms with E-state index < -0.39 is 9.84 Å². The zero-order valence-electron chi connectivity index (χ0n) is 13.3. The van der Waals surface area contributed by atoms with Crippen LogP contribution in [0.4, 0.5) is 5.82 Å². The van der Waals surface area contributed by atoms with E-state index in [9.17, 15) is 8.42 Å². The summed E-state index contributed by atoms with van der Waals surface area (Å²) >= 11 is 1.64. The van der Waals surface area contributed by atoms with E-state index in [-0.39, 0.29) is 10.9 Å². The zero-order chi connectivity index (χ0) is 17.2. The van der Waals surface area contributed by atoms with E-state index >= 15 is 0 Å². The van der Waals surface area contributed by atoms with E-state index in [0.29, 0.717) is 17.3 Å². The van der Waals surface area contributed by atoms with Crippen LogP contribution >= 0.6 is 11.8 Å². The van der Waals surface area contributed by atoms with Crippen molar-refractivity contribution in [2.24, 2.45) is 4.99 Å². The quantitative estimate of drug-likeness (QED) is 0.898.